The van der Waals surface area contributed by atoms with Crippen LogP contribution in [0.15, 0.2) is 30.7 Å². The molecular formula is C20H22FN5O3. The monoisotopic (exact) mass is 399 g/mol. The molecule has 9 heteroatoms. The first-order valence-electron chi connectivity index (χ1n) is 9.49. The number of hydrogen-bond donors (Lipinski definition) is 0. The van der Waals surface area contributed by atoms with E-state index in [1.165, 1.54) is 23.0 Å². The van der Waals surface area contributed by atoms with Gasteiger partial charge in [0.25, 0.3) is 0 Å². The summed E-state index contributed by atoms with van der Waals surface area (Å²) in [5.41, 5.74) is 2.19. The van der Waals surface area contributed by atoms with Crippen LogP contribution in [0.25, 0.3) is 5.65 Å². The molecule has 4 rings (SSSR count). The third-order valence-corrected chi connectivity index (χ3v) is 5.01. The summed E-state index contributed by atoms with van der Waals surface area (Å²) in [6.07, 6.45) is 4.40. The summed E-state index contributed by atoms with van der Waals surface area (Å²) in [4.78, 5) is 23.2. The molecule has 4 heterocycles. The molecule has 0 aliphatic carbocycles. The Morgan fingerprint density at radius 3 is 3.00 bits per heavy atom. The lowest BCUT2D eigenvalue weighted by Gasteiger charge is -2.41. The molecule has 3 aromatic rings. The van der Waals surface area contributed by atoms with Crippen LogP contribution < -0.4 is 4.90 Å². The minimum absolute atomic E-state index is 0.0136. The lowest BCUT2D eigenvalue weighted by atomic mass is 10.0. The molecule has 0 radical (unpaired) electrons. The number of anilines is 1. The van der Waals surface area contributed by atoms with Crippen LogP contribution in [-0.4, -0.2) is 51.4 Å². The van der Waals surface area contributed by atoms with Gasteiger partial charge in [-0.15, -0.1) is 0 Å². The summed E-state index contributed by atoms with van der Waals surface area (Å²) >= 11 is 0. The van der Waals surface area contributed by atoms with Gasteiger partial charge in [0.15, 0.2) is 5.65 Å². The molecule has 1 saturated heterocycles. The van der Waals surface area contributed by atoms with Crippen LogP contribution in [0.3, 0.4) is 0 Å². The fourth-order valence-corrected chi connectivity index (χ4v) is 3.66. The number of hydrogen-bond acceptors (Lipinski definition) is 7. The van der Waals surface area contributed by atoms with Crippen molar-refractivity contribution in [3.63, 3.8) is 0 Å². The standard InChI is InChI=1S/C20H22FN5O3/c1-4-29-20(27)16-9-23-25-6-5-18(24-19(16)25)26-12(2)10-28-11-17(26)15-7-14(21)8-22-13(15)3/h5-9,12,17H,4,10-11H2,1-3H3/t12-,17-/m1/s1. The Bertz CT molecular complexity index is 1050. The number of nitrogens with zero attached hydrogens (tertiary/aromatic N) is 5. The van der Waals surface area contributed by atoms with Crippen LogP contribution in [0.1, 0.15) is 41.5 Å². The van der Waals surface area contributed by atoms with Crippen molar-refractivity contribution in [2.75, 3.05) is 24.7 Å². The molecule has 29 heavy (non-hydrogen) atoms. The highest BCUT2D eigenvalue weighted by molar-refractivity contribution is 5.95. The third kappa shape index (κ3) is 3.53. The van der Waals surface area contributed by atoms with Gasteiger partial charge >= 0.3 is 5.97 Å². The van der Waals surface area contributed by atoms with E-state index in [9.17, 15) is 9.18 Å². The fourth-order valence-electron chi connectivity index (χ4n) is 3.66. The Labute approximate surface area is 167 Å². The van der Waals surface area contributed by atoms with Crippen molar-refractivity contribution in [2.24, 2.45) is 0 Å². The van der Waals surface area contributed by atoms with E-state index in [1.807, 2.05) is 19.9 Å². The van der Waals surface area contributed by atoms with Gasteiger partial charge in [-0.2, -0.15) is 5.10 Å². The Morgan fingerprint density at radius 1 is 1.38 bits per heavy atom. The number of carbonyl (C=O) groups excluding carboxylic acids is 1. The number of rotatable bonds is 4. The van der Waals surface area contributed by atoms with Crippen molar-refractivity contribution in [3.05, 3.63) is 53.4 Å². The minimum Gasteiger partial charge on any atom is -0.462 e. The number of aromatic nitrogens is 4. The minimum atomic E-state index is -0.469. The third-order valence-electron chi connectivity index (χ3n) is 5.01. The summed E-state index contributed by atoms with van der Waals surface area (Å²) in [6.45, 7) is 6.77. The van der Waals surface area contributed by atoms with E-state index in [2.05, 4.69) is 15.0 Å². The molecule has 0 amide bonds. The molecule has 0 saturated carbocycles. The summed E-state index contributed by atoms with van der Waals surface area (Å²) in [6, 6.07) is 3.04. The van der Waals surface area contributed by atoms with E-state index in [-0.39, 0.29) is 18.7 Å². The molecule has 2 atom stereocenters. The van der Waals surface area contributed by atoms with Gasteiger partial charge in [0, 0.05) is 17.5 Å². The van der Waals surface area contributed by atoms with E-state index in [1.54, 1.807) is 13.1 Å². The molecule has 8 nitrogen and oxygen atoms in total. The Balaban J connectivity index is 1.79. The zero-order valence-electron chi connectivity index (χ0n) is 16.5. The van der Waals surface area contributed by atoms with Gasteiger partial charge in [-0.05, 0) is 32.9 Å². The van der Waals surface area contributed by atoms with Crippen LogP contribution in [0.2, 0.25) is 0 Å². The van der Waals surface area contributed by atoms with Crippen molar-refractivity contribution in [1.29, 1.82) is 0 Å². The predicted octanol–water partition coefficient (Wildman–Crippen LogP) is 2.71. The largest absolute Gasteiger partial charge is 0.462 e. The Kier molecular flexibility index (Phi) is 5.14. The van der Waals surface area contributed by atoms with Crippen molar-refractivity contribution in [3.8, 4) is 0 Å². The van der Waals surface area contributed by atoms with Gasteiger partial charge in [-0.3, -0.25) is 4.98 Å². The predicted molar refractivity (Wildman–Crippen MR) is 103 cm³/mol. The molecule has 1 fully saturated rings. The Morgan fingerprint density at radius 2 is 2.21 bits per heavy atom. The van der Waals surface area contributed by atoms with Crippen LogP contribution in [0.5, 0.6) is 0 Å². The lowest BCUT2D eigenvalue weighted by molar-refractivity contribution is 0.0528. The number of ether oxygens (including phenoxy) is 2. The molecule has 0 aromatic carbocycles. The molecule has 0 unspecified atom stereocenters. The first-order chi connectivity index (χ1) is 14.0. The number of halogens is 1. The first-order valence-corrected chi connectivity index (χ1v) is 9.49. The topological polar surface area (TPSA) is 81.8 Å². The molecule has 0 bridgehead atoms. The maximum absolute atomic E-state index is 13.9. The number of pyridine rings is 1. The Hall–Kier alpha value is -3.07. The normalized spacial score (nSPS) is 19.5. The molecular weight excluding hydrogens is 377 g/mol. The lowest BCUT2D eigenvalue weighted by Crippen LogP contribution is -2.47. The van der Waals surface area contributed by atoms with Gasteiger partial charge in [0.2, 0.25) is 0 Å². The number of carbonyl (C=O) groups is 1. The first kappa shape index (κ1) is 19.3. The van der Waals surface area contributed by atoms with E-state index in [0.29, 0.717) is 30.2 Å². The molecule has 3 aromatic heterocycles. The highest BCUT2D eigenvalue weighted by Gasteiger charge is 2.33. The highest BCUT2D eigenvalue weighted by atomic mass is 19.1. The quantitative estimate of drug-likeness (QED) is 0.624. The van der Waals surface area contributed by atoms with Gasteiger partial charge in [0.05, 0.1) is 44.3 Å². The zero-order chi connectivity index (χ0) is 20.5. The van der Waals surface area contributed by atoms with Gasteiger partial charge < -0.3 is 14.4 Å². The summed E-state index contributed by atoms with van der Waals surface area (Å²) in [5.74, 6) is -0.218. The summed E-state index contributed by atoms with van der Waals surface area (Å²) < 4.78 is 26.3. The van der Waals surface area contributed by atoms with Gasteiger partial charge in [-0.1, -0.05) is 0 Å². The second-order valence-corrected chi connectivity index (χ2v) is 6.97. The van der Waals surface area contributed by atoms with Crippen molar-refractivity contribution >= 4 is 17.4 Å². The van der Waals surface area contributed by atoms with Crippen LogP contribution in [0, 0.1) is 12.7 Å². The highest BCUT2D eigenvalue weighted by Crippen LogP contribution is 2.33. The van der Waals surface area contributed by atoms with Crippen LogP contribution in [0.4, 0.5) is 10.2 Å². The van der Waals surface area contributed by atoms with E-state index in [0.717, 1.165) is 11.3 Å². The number of morpholine rings is 1. The van der Waals surface area contributed by atoms with Gasteiger partial charge in [0.1, 0.15) is 17.2 Å². The van der Waals surface area contributed by atoms with Crippen LogP contribution >= 0.6 is 0 Å². The zero-order valence-corrected chi connectivity index (χ0v) is 16.5. The number of aryl methyl sites for hydroxylation is 1. The molecule has 152 valence electrons. The molecule has 1 aliphatic rings. The average molecular weight is 399 g/mol. The molecule has 1 aliphatic heterocycles. The fraction of sp³-hybridized carbons (Fsp3) is 0.400. The SMILES string of the molecule is CCOC(=O)c1cnn2ccc(N3[C@H](C)COC[C@@H]3c3cc(F)cnc3C)nc12. The molecule has 0 N–H and O–H groups in total. The average Bonchev–Trinajstić information content (AvgIpc) is 3.13. The maximum Gasteiger partial charge on any atom is 0.343 e. The summed E-state index contributed by atoms with van der Waals surface area (Å²) in [7, 11) is 0. The van der Waals surface area contributed by atoms with Crippen molar-refractivity contribution in [1.82, 2.24) is 19.6 Å². The second-order valence-electron chi connectivity index (χ2n) is 6.97. The van der Waals surface area contributed by atoms with E-state index < -0.39 is 11.8 Å². The molecule has 0 spiro atoms. The van der Waals surface area contributed by atoms with E-state index >= 15 is 0 Å². The van der Waals surface area contributed by atoms with Crippen molar-refractivity contribution in [2.45, 2.75) is 32.9 Å². The second kappa shape index (κ2) is 7.75. The van der Waals surface area contributed by atoms with Gasteiger partial charge in [-0.25, -0.2) is 18.7 Å². The number of esters is 1. The maximum atomic E-state index is 13.9. The number of fused-ring (bicyclic) bond motifs is 1. The smallest absolute Gasteiger partial charge is 0.343 e. The van der Waals surface area contributed by atoms with Crippen LogP contribution in [-0.2, 0) is 9.47 Å². The van der Waals surface area contributed by atoms with Crippen molar-refractivity contribution < 1.29 is 18.7 Å². The summed E-state index contributed by atoms with van der Waals surface area (Å²) in [5, 5.41) is 4.18. The van der Waals surface area contributed by atoms with E-state index in [4.69, 9.17) is 14.5 Å².